The van der Waals surface area contributed by atoms with E-state index in [4.69, 9.17) is 18.9 Å². The monoisotopic (exact) mass is 752 g/mol. The van der Waals surface area contributed by atoms with E-state index in [2.05, 4.69) is 29.9 Å². The molecule has 0 aliphatic rings. The molecule has 272 valence electrons. The zero-order valence-corrected chi connectivity index (χ0v) is 31.8. The summed E-state index contributed by atoms with van der Waals surface area (Å²) in [5.74, 6) is 2.12. The van der Waals surface area contributed by atoms with Crippen LogP contribution in [0.5, 0.6) is 11.5 Å². The van der Waals surface area contributed by atoms with Gasteiger partial charge < -0.3 is 28.9 Å². The minimum absolute atomic E-state index is 0. The molecule has 12 nitrogen and oxygen atoms in total. The Labute approximate surface area is 309 Å². The number of para-hydroxylation sites is 4. The number of methoxy groups -OCH3 is 2. The van der Waals surface area contributed by atoms with E-state index in [1.54, 1.807) is 26.6 Å². The summed E-state index contributed by atoms with van der Waals surface area (Å²) in [6, 6.07) is 18.9. The van der Waals surface area contributed by atoms with Gasteiger partial charge in [-0.2, -0.15) is 13.5 Å². The highest BCUT2D eigenvalue weighted by Crippen LogP contribution is 2.24. The molecule has 0 fully saturated rings. The fourth-order valence-electron chi connectivity index (χ4n) is 4.95. The Balaban J connectivity index is 0.000000224. The average Bonchev–Trinajstić information content (AvgIpc) is 3.77. The lowest BCUT2D eigenvalue weighted by molar-refractivity contribution is 0.171. The van der Waals surface area contributed by atoms with Gasteiger partial charge in [0.25, 0.3) is 0 Å². The maximum absolute atomic E-state index is 12.7. The van der Waals surface area contributed by atoms with E-state index in [9.17, 15) is 8.42 Å². The topological polar surface area (TPSA) is 154 Å². The van der Waals surface area contributed by atoms with Gasteiger partial charge in [-0.3, -0.25) is 18.4 Å². The molecule has 15 heteroatoms. The lowest BCUT2D eigenvalue weighted by Gasteiger charge is -2.11. The summed E-state index contributed by atoms with van der Waals surface area (Å²) < 4.78 is 46.9. The smallest absolute Gasteiger partial charge is 0.197 e. The Bertz CT molecular complexity index is 1840. The van der Waals surface area contributed by atoms with Crippen LogP contribution in [0.15, 0.2) is 83.4 Å². The molecule has 6 aromatic rings. The number of hydrogen-bond acceptors (Lipinski definition) is 10. The van der Waals surface area contributed by atoms with Gasteiger partial charge in [0.1, 0.15) is 11.5 Å². The predicted molar refractivity (Wildman–Crippen MR) is 205 cm³/mol. The van der Waals surface area contributed by atoms with Crippen LogP contribution < -0.4 is 9.47 Å². The van der Waals surface area contributed by atoms with Crippen LogP contribution in [0.1, 0.15) is 35.4 Å². The van der Waals surface area contributed by atoms with Crippen LogP contribution in [0, 0.1) is 13.8 Å². The summed E-state index contributed by atoms with van der Waals surface area (Å²) in [6.07, 6.45) is 5.00. The van der Waals surface area contributed by atoms with Gasteiger partial charge >= 0.3 is 0 Å². The fourth-order valence-corrected chi connectivity index (χ4v) is 7.15. The molecule has 2 aromatic carbocycles. The number of benzene rings is 2. The summed E-state index contributed by atoms with van der Waals surface area (Å²) in [5.41, 5.74) is 6.70. The number of pyridine rings is 2. The first-order valence-electron chi connectivity index (χ1n) is 16.2. The number of H-pyrrole nitrogens is 2. The minimum Gasteiger partial charge on any atom is -0.493 e. The number of nitrogens with one attached hydrogen (secondary N) is 2. The van der Waals surface area contributed by atoms with E-state index in [-0.39, 0.29) is 13.5 Å². The van der Waals surface area contributed by atoms with Crippen molar-refractivity contribution >= 4 is 57.2 Å². The Morgan fingerprint density at radius 3 is 1.41 bits per heavy atom. The standard InChI is InChI=1S/2C18H21N3O3S.H2S/c2*1-13-16(19-9-8-17(13)24-11-5-10-23-2)12-25(22)18-20-14-6-3-4-7-15(14)21-18;/h2*3-4,6-9H,5,10-12H2,1-2H3,(H,20,21);1H2. The van der Waals surface area contributed by atoms with E-state index in [0.717, 1.165) is 68.9 Å². The zero-order valence-electron chi connectivity index (χ0n) is 29.1. The second kappa shape index (κ2) is 20.0. The molecule has 51 heavy (non-hydrogen) atoms. The highest BCUT2D eigenvalue weighted by atomic mass is 32.2. The number of imidazole rings is 2. The van der Waals surface area contributed by atoms with E-state index < -0.39 is 21.6 Å². The molecule has 0 aliphatic heterocycles. The first kappa shape index (κ1) is 39.6. The Morgan fingerprint density at radius 1 is 0.608 bits per heavy atom. The third-order valence-corrected chi connectivity index (χ3v) is 10.0. The minimum atomic E-state index is -1.30. The Kier molecular flexibility index (Phi) is 15.6. The molecule has 6 rings (SSSR count). The molecule has 2 unspecified atom stereocenters. The van der Waals surface area contributed by atoms with Crippen molar-refractivity contribution in [2.75, 3.05) is 40.6 Å². The number of rotatable bonds is 16. The average molecular weight is 753 g/mol. The summed E-state index contributed by atoms with van der Waals surface area (Å²) in [7, 11) is 0.741. The summed E-state index contributed by atoms with van der Waals surface area (Å²) >= 11 is 0. The molecular formula is C36H44N6O6S3. The lowest BCUT2D eigenvalue weighted by atomic mass is 10.2. The maximum atomic E-state index is 12.7. The van der Waals surface area contributed by atoms with Gasteiger partial charge in [-0.05, 0) is 50.2 Å². The number of ether oxygens (including phenoxy) is 4. The molecular weight excluding hydrogens is 709 g/mol. The number of fused-ring (bicyclic) bond motifs is 2. The number of aromatic nitrogens is 6. The number of hydrogen-bond donors (Lipinski definition) is 2. The third kappa shape index (κ3) is 10.9. The van der Waals surface area contributed by atoms with Crippen molar-refractivity contribution in [3.8, 4) is 11.5 Å². The molecule has 0 radical (unpaired) electrons. The number of nitrogens with zero attached hydrogens (tertiary/aromatic N) is 4. The van der Waals surface area contributed by atoms with Gasteiger partial charge in [-0.1, -0.05) is 24.3 Å². The highest BCUT2D eigenvalue weighted by Gasteiger charge is 2.16. The largest absolute Gasteiger partial charge is 0.493 e. The molecule has 0 aliphatic carbocycles. The molecule has 2 atom stereocenters. The van der Waals surface area contributed by atoms with Crippen LogP contribution in [-0.2, 0) is 42.6 Å². The molecule has 2 N–H and O–H groups in total. The molecule has 4 aromatic heterocycles. The van der Waals surface area contributed by atoms with Crippen LogP contribution in [0.4, 0.5) is 0 Å². The van der Waals surface area contributed by atoms with Gasteiger partial charge in [0.05, 0.1) is 79.8 Å². The Hall–Kier alpha value is -4.15. The van der Waals surface area contributed by atoms with E-state index in [0.29, 0.717) is 48.2 Å². The van der Waals surface area contributed by atoms with Crippen LogP contribution in [0.3, 0.4) is 0 Å². The second-order valence-electron chi connectivity index (χ2n) is 11.2. The maximum Gasteiger partial charge on any atom is 0.197 e. The first-order valence-corrected chi connectivity index (χ1v) is 18.8. The van der Waals surface area contributed by atoms with Crippen molar-refractivity contribution in [3.63, 3.8) is 0 Å². The van der Waals surface area contributed by atoms with Crippen molar-refractivity contribution < 1.29 is 27.4 Å². The quantitative estimate of drug-likeness (QED) is 0.111. The van der Waals surface area contributed by atoms with Gasteiger partial charge in [-0.25, -0.2) is 9.97 Å². The fraction of sp³-hybridized carbons (Fsp3) is 0.333. The number of aromatic amines is 2. The van der Waals surface area contributed by atoms with Crippen LogP contribution >= 0.6 is 13.5 Å². The van der Waals surface area contributed by atoms with Crippen LogP contribution in [0.2, 0.25) is 0 Å². The molecule has 0 bridgehead atoms. The highest BCUT2D eigenvalue weighted by molar-refractivity contribution is 7.84. The van der Waals surface area contributed by atoms with Gasteiger partial charge in [0, 0.05) is 63.8 Å². The first-order chi connectivity index (χ1) is 24.4. The summed E-state index contributed by atoms with van der Waals surface area (Å²) in [6.45, 7) is 6.34. The van der Waals surface area contributed by atoms with Crippen molar-refractivity contribution in [2.24, 2.45) is 0 Å². The second-order valence-corrected chi connectivity index (χ2v) is 14.0. The zero-order chi connectivity index (χ0) is 35.3. The summed E-state index contributed by atoms with van der Waals surface area (Å²) in [5, 5.41) is 0.933. The summed E-state index contributed by atoms with van der Waals surface area (Å²) in [4.78, 5) is 23.8. The van der Waals surface area contributed by atoms with E-state index in [1.165, 1.54) is 0 Å². The van der Waals surface area contributed by atoms with E-state index in [1.807, 2.05) is 74.5 Å². The Morgan fingerprint density at radius 2 is 1.02 bits per heavy atom. The van der Waals surface area contributed by atoms with Crippen molar-refractivity contribution in [1.29, 1.82) is 0 Å². The van der Waals surface area contributed by atoms with Crippen LogP contribution in [-0.4, -0.2) is 79.0 Å². The van der Waals surface area contributed by atoms with Crippen molar-refractivity contribution in [2.45, 2.75) is 48.5 Å². The molecule has 4 heterocycles. The molecule has 0 saturated heterocycles. The normalized spacial score (nSPS) is 12.2. The van der Waals surface area contributed by atoms with Gasteiger partial charge in [-0.15, -0.1) is 0 Å². The lowest BCUT2D eigenvalue weighted by Crippen LogP contribution is -2.06. The van der Waals surface area contributed by atoms with Gasteiger partial charge in [0.2, 0.25) is 0 Å². The SMILES string of the molecule is COCCCOc1ccnc(CS(=O)c2nc3ccccc3[nH]2)c1C.COCCCOc1ccnc(CS(=O)c2nc3ccccc3[nH]2)c1C.S. The molecule has 0 spiro atoms. The van der Waals surface area contributed by atoms with Crippen molar-refractivity contribution in [1.82, 2.24) is 29.9 Å². The third-order valence-electron chi connectivity index (χ3n) is 7.72. The molecule has 0 saturated carbocycles. The van der Waals surface area contributed by atoms with Crippen LogP contribution in [0.25, 0.3) is 22.1 Å². The predicted octanol–water partition coefficient (Wildman–Crippen LogP) is 6.09. The van der Waals surface area contributed by atoms with Gasteiger partial charge in [0.15, 0.2) is 10.3 Å². The van der Waals surface area contributed by atoms with Crippen molar-refractivity contribution in [3.05, 3.63) is 95.6 Å². The van der Waals surface area contributed by atoms with E-state index >= 15 is 0 Å². The molecule has 0 amide bonds.